The SMILES string of the molecule is Cc1nc(C)c(-[n+]2c(C)[nH]c(C)c2C)o1. The molecule has 4 heteroatoms. The number of imidazole rings is 1. The van der Waals surface area contributed by atoms with E-state index in [1.165, 1.54) is 0 Å². The first-order valence-corrected chi connectivity index (χ1v) is 5.03. The Morgan fingerprint density at radius 1 is 1.13 bits per heavy atom. The summed E-state index contributed by atoms with van der Waals surface area (Å²) in [7, 11) is 0. The molecule has 0 aliphatic heterocycles. The van der Waals surface area contributed by atoms with Crippen LogP contribution in [0.25, 0.3) is 5.88 Å². The van der Waals surface area contributed by atoms with Gasteiger partial charge in [0.15, 0.2) is 11.6 Å². The monoisotopic (exact) mass is 206 g/mol. The number of nitrogens with one attached hydrogen (secondary N) is 1. The molecule has 2 rings (SSSR count). The van der Waals surface area contributed by atoms with Crippen molar-refractivity contribution in [1.82, 2.24) is 9.97 Å². The van der Waals surface area contributed by atoms with Crippen molar-refractivity contribution in [3.63, 3.8) is 0 Å². The van der Waals surface area contributed by atoms with E-state index in [-0.39, 0.29) is 0 Å². The highest BCUT2D eigenvalue weighted by molar-refractivity contribution is 5.17. The topological polar surface area (TPSA) is 45.7 Å². The molecule has 0 aliphatic carbocycles. The Kier molecular flexibility index (Phi) is 2.14. The van der Waals surface area contributed by atoms with Gasteiger partial charge in [0.25, 0.3) is 5.82 Å². The molecule has 4 nitrogen and oxygen atoms in total. The molecule has 80 valence electrons. The molecule has 0 saturated heterocycles. The highest BCUT2D eigenvalue weighted by atomic mass is 16.4. The van der Waals surface area contributed by atoms with E-state index < -0.39 is 0 Å². The average molecular weight is 206 g/mol. The van der Waals surface area contributed by atoms with E-state index in [2.05, 4.69) is 28.4 Å². The van der Waals surface area contributed by atoms with Gasteiger partial charge in [0.2, 0.25) is 0 Å². The lowest BCUT2D eigenvalue weighted by molar-refractivity contribution is -0.621. The Labute approximate surface area is 89.0 Å². The number of nitrogens with zero attached hydrogens (tertiary/aromatic N) is 2. The van der Waals surface area contributed by atoms with Gasteiger partial charge in [-0.1, -0.05) is 0 Å². The second-order valence-corrected chi connectivity index (χ2v) is 3.88. The Morgan fingerprint density at radius 3 is 2.20 bits per heavy atom. The van der Waals surface area contributed by atoms with Crippen LogP contribution >= 0.6 is 0 Å². The van der Waals surface area contributed by atoms with Gasteiger partial charge < -0.3 is 4.42 Å². The highest BCUT2D eigenvalue weighted by Crippen LogP contribution is 2.12. The maximum Gasteiger partial charge on any atom is 0.317 e. The van der Waals surface area contributed by atoms with E-state index in [9.17, 15) is 0 Å². The molecular weight excluding hydrogens is 190 g/mol. The average Bonchev–Trinajstić information content (AvgIpc) is 2.56. The van der Waals surface area contributed by atoms with Gasteiger partial charge in [-0.3, -0.25) is 0 Å². The highest BCUT2D eigenvalue weighted by Gasteiger charge is 2.22. The first kappa shape index (κ1) is 9.96. The third-order valence-electron chi connectivity index (χ3n) is 2.66. The van der Waals surface area contributed by atoms with Crippen molar-refractivity contribution in [3.8, 4) is 5.88 Å². The van der Waals surface area contributed by atoms with Gasteiger partial charge in [-0.2, -0.15) is 4.57 Å². The molecule has 2 aromatic heterocycles. The maximum atomic E-state index is 5.61. The van der Waals surface area contributed by atoms with Crippen molar-refractivity contribution >= 4 is 0 Å². The standard InChI is InChI=1S/C11H15N3O/c1-6-8(3)14(9(4)12-6)11-7(2)13-10(5)15-11/h1-5H3/p+1. The molecule has 0 saturated carbocycles. The second kappa shape index (κ2) is 3.22. The lowest BCUT2D eigenvalue weighted by atomic mass is 10.3. The van der Waals surface area contributed by atoms with E-state index in [0.29, 0.717) is 5.89 Å². The quantitative estimate of drug-likeness (QED) is 0.723. The van der Waals surface area contributed by atoms with Crippen LogP contribution in [0, 0.1) is 34.6 Å². The number of hydrogen-bond donors (Lipinski definition) is 1. The zero-order valence-electron chi connectivity index (χ0n) is 9.80. The molecule has 2 aromatic rings. The number of H-pyrrole nitrogens is 1. The molecule has 2 heterocycles. The molecule has 0 spiro atoms. The van der Waals surface area contributed by atoms with Gasteiger partial charge in [-0.25, -0.2) is 9.97 Å². The molecule has 0 fully saturated rings. The Bertz CT molecular complexity index is 508. The summed E-state index contributed by atoms with van der Waals surface area (Å²) < 4.78 is 7.67. The van der Waals surface area contributed by atoms with E-state index in [1.807, 2.05) is 20.8 Å². The van der Waals surface area contributed by atoms with Crippen LogP contribution in [0.5, 0.6) is 0 Å². The van der Waals surface area contributed by atoms with Gasteiger partial charge >= 0.3 is 5.88 Å². The Morgan fingerprint density at radius 2 is 1.80 bits per heavy atom. The third kappa shape index (κ3) is 1.46. The van der Waals surface area contributed by atoms with Crippen molar-refractivity contribution < 1.29 is 8.98 Å². The second-order valence-electron chi connectivity index (χ2n) is 3.88. The molecule has 1 N–H and O–H groups in total. The van der Waals surface area contributed by atoms with Gasteiger partial charge in [-0.15, -0.1) is 0 Å². The predicted molar refractivity (Wildman–Crippen MR) is 56.1 cm³/mol. The fraction of sp³-hybridized carbons (Fsp3) is 0.455. The molecule has 0 aromatic carbocycles. The molecular formula is C11H16N3O+. The van der Waals surface area contributed by atoms with Crippen molar-refractivity contribution in [2.75, 3.05) is 0 Å². The molecule has 0 aliphatic rings. The van der Waals surface area contributed by atoms with Crippen LogP contribution in [0.3, 0.4) is 0 Å². The molecule has 15 heavy (non-hydrogen) atoms. The molecule has 0 unspecified atom stereocenters. The fourth-order valence-corrected chi connectivity index (χ4v) is 1.87. The van der Waals surface area contributed by atoms with Crippen LogP contribution in [0.15, 0.2) is 4.42 Å². The summed E-state index contributed by atoms with van der Waals surface area (Å²) in [4.78, 5) is 7.56. The van der Waals surface area contributed by atoms with Crippen LogP contribution in [-0.4, -0.2) is 9.97 Å². The van der Waals surface area contributed by atoms with Crippen molar-refractivity contribution in [2.24, 2.45) is 0 Å². The summed E-state index contributed by atoms with van der Waals surface area (Å²) in [6.07, 6.45) is 0. The predicted octanol–water partition coefficient (Wildman–Crippen LogP) is 1.82. The van der Waals surface area contributed by atoms with Crippen LogP contribution in [-0.2, 0) is 0 Å². The molecule has 0 atom stereocenters. The van der Waals surface area contributed by atoms with Crippen LogP contribution in [0.4, 0.5) is 0 Å². The van der Waals surface area contributed by atoms with E-state index >= 15 is 0 Å². The van der Waals surface area contributed by atoms with Gasteiger partial charge in [-0.05, 0) is 6.92 Å². The van der Waals surface area contributed by atoms with Crippen molar-refractivity contribution in [2.45, 2.75) is 34.6 Å². The number of oxazole rings is 1. The van der Waals surface area contributed by atoms with Crippen LogP contribution < -0.4 is 4.57 Å². The normalized spacial score (nSPS) is 11.0. The van der Waals surface area contributed by atoms with E-state index in [0.717, 1.165) is 28.8 Å². The third-order valence-corrected chi connectivity index (χ3v) is 2.66. The fourth-order valence-electron chi connectivity index (χ4n) is 1.87. The minimum Gasteiger partial charge on any atom is -0.407 e. The lowest BCUT2D eigenvalue weighted by Crippen LogP contribution is -2.35. The smallest absolute Gasteiger partial charge is 0.317 e. The Hall–Kier alpha value is -1.58. The van der Waals surface area contributed by atoms with Crippen molar-refractivity contribution in [1.29, 1.82) is 0 Å². The number of hydrogen-bond acceptors (Lipinski definition) is 2. The van der Waals surface area contributed by atoms with E-state index in [1.54, 1.807) is 0 Å². The minimum atomic E-state index is 0.702. The van der Waals surface area contributed by atoms with E-state index in [4.69, 9.17) is 4.42 Å². The summed E-state index contributed by atoms with van der Waals surface area (Å²) in [5, 5.41) is 0. The summed E-state index contributed by atoms with van der Waals surface area (Å²) >= 11 is 0. The first-order valence-electron chi connectivity index (χ1n) is 5.03. The number of rotatable bonds is 1. The number of aryl methyl sites for hydroxylation is 4. The van der Waals surface area contributed by atoms with Crippen molar-refractivity contribution in [3.05, 3.63) is 28.8 Å². The summed E-state index contributed by atoms with van der Waals surface area (Å²) in [6, 6.07) is 0. The van der Waals surface area contributed by atoms with Gasteiger partial charge in [0.1, 0.15) is 11.4 Å². The zero-order valence-corrected chi connectivity index (χ0v) is 9.80. The minimum absolute atomic E-state index is 0.702. The molecule has 0 bridgehead atoms. The summed E-state index contributed by atoms with van der Waals surface area (Å²) in [5.41, 5.74) is 3.23. The Balaban J connectivity index is 2.68. The zero-order chi connectivity index (χ0) is 11.2. The molecule has 0 radical (unpaired) electrons. The number of aromatic amines is 1. The van der Waals surface area contributed by atoms with Crippen LogP contribution in [0.1, 0.15) is 28.8 Å². The largest absolute Gasteiger partial charge is 0.407 e. The maximum absolute atomic E-state index is 5.61. The lowest BCUT2D eigenvalue weighted by Gasteiger charge is -1.95. The first-order chi connectivity index (χ1) is 7.00. The van der Waals surface area contributed by atoms with Crippen LogP contribution in [0.2, 0.25) is 0 Å². The summed E-state index contributed by atoms with van der Waals surface area (Å²) in [6.45, 7) is 9.96. The molecule has 0 amide bonds. The van der Waals surface area contributed by atoms with Gasteiger partial charge in [0.05, 0.1) is 0 Å². The number of aromatic nitrogens is 3. The summed E-state index contributed by atoms with van der Waals surface area (Å²) in [5.74, 6) is 2.57. The van der Waals surface area contributed by atoms with Gasteiger partial charge in [0, 0.05) is 27.7 Å².